The highest BCUT2D eigenvalue weighted by molar-refractivity contribution is 6.45. The fraction of sp³-hybridized carbons (Fsp3) is 0.100. The molecule has 0 fully saturated rings. The molecule has 0 unspecified atom stereocenters. The highest BCUT2D eigenvalue weighted by atomic mass is 35.5. The van der Waals surface area contributed by atoms with Crippen molar-refractivity contribution in [2.75, 3.05) is 7.11 Å². The number of primary amides is 1. The van der Waals surface area contributed by atoms with Crippen molar-refractivity contribution in [1.29, 1.82) is 0 Å². The smallest absolute Gasteiger partial charge is 0.271 e. The second-order valence-electron chi connectivity index (χ2n) is 5.99. The molecule has 0 saturated heterocycles. The van der Waals surface area contributed by atoms with Gasteiger partial charge in [-0.25, -0.2) is 4.68 Å². The van der Waals surface area contributed by atoms with Crippen LogP contribution in [0.4, 0.5) is 0 Å². The number of oxime groups is 1. The quantitative estimate of drug-likeness (QED) is 0.479. The summed E-state index contributed by atoms with van der Waals surface area (Å²) >= 11 is 12.0. The summed E-state index contributed by atoms with van der Waals surface area (Å²) in [5, 5.41) is 8.93. The Morgan fingerprint density at radius 2 is 1.90 bits per heavy atom. The van der Waals surface area contributed by atoms with Gasteiger partial charge in [-0.1, -0.05) is 58.7 Å². The minimum atomic E-state index is -0.746. The second kappa shape index (κ2) is 8.89. The Balaban J connectivity index is 2.04. The number of carbonyl (C=O) groups excluding carboxylic acids is 1. The van der Waals surface area contributed by atoms with Gasteiger partial charge in [0.15, 0.2) is 5.71 Å². The first-order valence-corrected chi connectivity index (χ1v) is 9.19. The van der Waals surface area contributed by atoms with Crippen molar-refractivity contribution in [2.24, 2.45) is 10.9 Å². The van der Waals surface area contributed by atoms with E-state index >= 15 is 0 Å². The van der Waals surface area contributed by atoms with Crippen molar-refractivity contribution in [3.63, 3.8) is 0 Å². The number of halogens is 2. The Morgan fingerprint density at radius 3 is 2.59 bits per heavy atom. The van der Waals surface area contributed by atoms with Gasteiger partial charge in [-0.2, -0.15) is 5.10 Å². The zero-order valence-electron chi connectivity index (χ0n) is 15.3. The zero-order valence-corrected chi connectivity index (χ0v) is 16.8. The largest absolute Gasteiger partial charge is 0.398 e. The lowest BCUT2D eigenvalue weighted by atomic mass is 10.0. The lowest BCUT2D eigenvalue weighted by Gasteiger charge is -2.12. The molecular weight excluding hydrogens is 415 g/mol. The van der Waals surface area contributed by atoms with Gasteiger partial charge in [0.05, 0.1) is 22.3 Å². The highest BCUT2D eigenvalue weighted by Crippen LogP contribution is 2.27. The van der Waals surface area contributed by atoms with Crippen molar-refractivity contribution >= 4 is 34.8 Å². The molecule has 0 aliphatic heterocycles. The second-order valence-corrected chi connectivity index (χ2v) is 6.80. The molecule has 0 radical (unpaired) electrons. The molecule has 3 rings (SSSR count). The molecule has 9 heteroatoms. The summed E-state index contributed by atoms with van der Waals surface area (Å²) in [6, 6.07) is 15.0. The van der Waals surface area contributed by atoms with Gasteiger partial charge >= 0.3 is 0 Å². The summed E-state index contributed by atoms with van der Waals surface area (Å²) in [5.74, 6) is -0.746. The van der Waals surface area contributed by atoms with Gasteiger partial charge in [0.1, 0.15) is 7.11 Å². The third kappa shape index (κ3) is 4.64. The van der Waals surface area contributed by atoms with E-state index < -0.39 is 5.91 Å². The van der Waals surface area contributed by atoms with Gasteiger partial charge in [0.2, 0.25) is 0 Å². The van der Waals surface area contributed by atoms with Gasteiger partial charge < -0.3 is 10.6 Å². The first kappa shape index (κ1) is 20.6. The SMILES string of the molecule is CON=C(C(N)=O)c1ccccc1Cn1nc(-c2ccc(Cl)c(Cl)c2)ccc1=O. The van der Waals surface area contributed by atoms with Crippen LogP contribution in [0.15, 0.2) is 64.5 Å². The molecule has 2 aromatic carbocycles. The number of nitrogens with two attached hydrogens (primary N) is 1. The summed E-state index contributed by atoms with van der Waals surface area (Å²) in [6.07, 6.45) is 0. The number of carbonyl (C=O) groups is 1. The van der Waals surface area contributed by atoms with Crippen LogP contribution in [0.1, 0.15) is 11.1 Å². The molecule has 0 saturated carbocycles. The van der Waals surface area contributed by atoms with Gasteiger partial charge in [0.25, 0.3) is 11.5 Å². The first-order chi connectivity index (χ1) is 13.9. The van der Waals surface area contributed by atoms with Crippen LogP contribution in [0.2, 0.25) is 10.0 Å². The summed E-state index contributed by atoms with van der Waals surface area (Å²) < 4.78 is 1.28. The standard InChI is InChI=1S/C20H16Cl2N4O3/c1-29-25-19(20(23)28)14-5-3-2-4-13(14)11-26-18(27)9-8-17(24-26)12-6-7-15(21)16(22)10-12/h2-10H,11H2,1H3,(H2,23,28). The molecule has 148 valence electrons. The maximum absolute atomic E-state index is 12.4. The van der Waals surface area contributed by atoms with Gasteiger partial charge in [-0.15, -0.1) is 0 Å². The molecule has 0 aliphatic carbocycles. The Labute approximate surface area is 176 Å². The van der Waals surface area contributed by atoms with Gasteiger partial charge in [0, 0.05) is 17.2 Å². The Kier molecular flexibility index (Phi) is 6.31. The molecular formula is C20H16Cl2N4O3. The third-order valence-corrected chi connectivity index (χ3v) is 4.83. The van der Waals surface area contributed by atoms with Crippen LogP contribution in [-0.4, -0.2) is 28.5 Å². The van der Waals surface area contributed by atoms with Crippen molar-refractivity contribution in [1.82, 2.24) is 9.78 Å². The van der Waals surface area contributed by atoms with E-state index in [1.165, 1.54) is 17.9 Å². The summed E-state index contributed by atoms with van der Waals surface area (Å²) in [4.78, 5) is 28.9. The average molecular weight is 431 g/mol. The highest BCUT2D eigenvalue weighted by Gasteiger charge is 2.16. The van der Waals surface area contributed by atoms with E-state index in [4.69, 9.17) is 33.8 Å². The molecule has 0 aliphatic rings. The predicted octanol–water partition coefficient (Wildman–Crippen LogP) is 3.10. The molecule has 1 amide bonds. The van der Waals surface area contributed by atoms with E-state index in [9.17, 15) is 9.59 Å². The number of nitrogens with zero attached hydrogens (tertiary/aromatic N) is 3. The maximum atomic E-state index is 12.4. The minimum Gasteiger partial charge on any atom is -0.398 e. The van der Waals surface area contributed by atoms with Crippen molar-refractivity contribution < 1.29 is 9.63 Å². The van der Waals surface area contributed by atoms with Crippen LogP contribution < -0.4 is 11.3 Å². The Morgan fingerprint density at radius 1 is 1.14 bits per heavy atom. The van der Waals surface area contributed by atoms with E-state index in [1.54, 1.807) is 48.5 Å². The summed E-state index contributed by atoms with van der Waals surface area (Å²) in [7, 11) is 1.32. The van der Waals surface area contributed by atoms with Crippen LogP contribution in [0.5, 0.6) is 0 Å². The van der Waals surface area contributed by atoms with E-state index in [2.05, 4.69) is 10.3 Å². The van der Waals surface area contributed by atoms with E-state index in [-0.39, 0.29) is 17.8 Å². The van der Waals surface area contributed by atoms with Crippen LogP contribution >= 0.6 is 23.2 Å². The number of hydrogen-bond acceptors (Lipinski definition) is 5. The van der Waals surface area contributed by atoms with Crippen molar-refractivity contribution in [3.05, 3.63) is 86.1 Å². The lowest BCUT2D eigenvalue weighted by molar-refractivity contribution is -0.112. The summed E-state index contributed by atoms with van der Waals surface area (Å²) in [5.41, 5.74) is 7.39. The molecule has 0 atom stereocenters. The first-order valence-electron chi connectivity index (χ1n) is 8.43. The number of aromatic nitrogens is 2. The Hall–Kier alpha value is -3.16. The predicted molar refractivity (Wildman–Crippen MR) is 112 cm³/mol. The molecule has 0 spiro atoms. The number of hydrogen-bond donors (Lipinski definition) is 1. The molecule has 0 bridgehead atoms. The third-order valence-electron chi connectivity index (χ3n) is 4.09. The molecule has 1 heterocycles. The van der Waals surface area contributed by atoms with Crippen LogP contribution in [0, 0.1) is 0 Å². The van der Waals surface area contributed by atoms with Crippen LogP contribution in [-0.2, 0) is 16.2 Å². The topological polar surface area (TPSA) is 99.6 Å². The fourth-order valence-electron chi connectivity index (χ4n) is 2.74. The van der Waals surface area contributed by atoms with Crippen molar-refractivity contribution in [2.45, 2.75) is 6.54 Å². The molecule has 2 N–H and O–H groups in total. The lowest BCUT2D eigenvalue weighted by Crippen LogP contribution is -2.28. The normalized spacial score (nSPS) is 11.3. The minimum absolute atomic E-state index is 0.0446. The number of benzene rings is 2. The van der Waals surface area contributed by atoms with Gasteiger partial charge in [-0.3, -0.25) is 9.59 Å². The number of rotatable bonds is 6. The van der Waals surface area contributed by atoms with Gasteiger partial charge in [-0.05, 0) is 23.8 Å². The molecule has 3 aromatic rings. The Bertz CT molecular complexity index is 1160. The average Bonchev–Trinajstić information content (AvgIpc) is 2.70. The number of amides is 1. The fourth-order valence-corrected chi connectivity index (χ4v) is 3.04. The van der Waals surface area contributed by atoms with Crippen molar-refractivity contribution in [3.8, 4) is 11.3 Å². The molecule has 29 heavy (non-hydrogen) atoms. The van der Waals surface area contributed by atoms with E-state index in [1.807, 2.05) is 0 Å². The van der Waals surface area contributed by atoms with E-state index in [0.29, 0.717) is 32.4 Å². The summed E-state index contributed by atoms with van der Waals surface area (Å²) in [6.45, 7) is 0.0974. The van der Waals surface area contributed by atoms with Crippen LogP contribution in [0.25, 0.3) is 11.3 Å². The maximum Gasteiger partial charge on any atom is 0.271 e. The zero-order chi connectivity index (χ0) is 21.0. The van der Waals surface area contributed by atoms with E-state index in [0.717, 1.165) is 0 Å². The monoisotopic (exact) mass is 430 g/mol. The molecule has 1 aromatic heterocycles. The molecule has 7 nitrogen and oxygen atoms in total. The van der Waals surface area contributed by atoms with Crippen LogP contribution in [0.3, 0.4) is 0 Å².